The fraction of sp³-hybridized carbons (Fsp3) is 0.800. The summed E-state index contributed by atoms with van der Waals surface area (Å²) in [5.74, 6) is 0.862. The summed E-state index contributed by atoms with van der Waals surface area (Å²) < 4.78 is 11.6. The molecule has 0 spiro atoms. The van der Waals surface area contributed by atoms with Crippen LogP contribution in [-0.2, 0) is 9.47 Å². The highest BCUT2D eigenvalue weighted by Crippen LogP contribution is 2.54. The largest absolute Gasteiger partial charge is 0.344 e. The Morgan fingerprint density at radius 2 is 2.23 bits per heavy atom. The summed E-state index contributed by atoms with van der Waals surface area (Å²) in [6.07, 6.45) is 3.56. The summed E-state index contributed by atoms with van der Waals surface area (Å²) in [5, 5.41) is 0.842. The van der Waals surface area contributed by atoms with Crippen molar-refractivity contribution in [2.75, 3.05) is 0 Å². The van der Waals surface area contributed by atoms with Crippen LogP contribution in [0.25, 0.3) is 0 Å². The summed E-state index contributed by atoms with van der Waals surface area (Å²) in [5.41, 5.74) is 0. The third-order valence-corrected chi connectivity index (χ3v) is 3.43. The zero-order chi connectivity index (χ0) is 9.22. The molecule has 0 aromatic rings. The molecule has 0 aromatic heterocycles. The van der Waals surface area contributed by atoms with E-state index in [9.17, 15) is 0 Å². The van der Waals surface area contributed by atoms with Crippen LogP contribution in [0.1, 0.15) is 20.3 Å². The Bertz CT molecular complexity index is 285. The van der Waals surface area contributed by atoms with Gasteiger partial charge < -0.3 is 9.47 Å². The summed E-state index contributed by atoms with van der Waals surface area (Å²) >= 11 is 6.12. The zero-order valence-corrected chi connectivity index (χ0v) is 8.54. The van der Waals surface area contributed by atoms with Gasteiger partial charge in [-0.15, -0.1) is 0 Å². The van der Waals surface area contributed by atoms with Gasteiger partial charge >= 0.3 is 0 Å². The van der Waals surface area contributed by atoms with E-state index in [0.29, 0.717) is 11.8 Å². The topological polar surface area (TPSA) is 18.5 Å². The van der Waals surface area contributed by atoms with Gasteiger partial charge in [0.15, 0.2) is 5.79 Å². The van der Waals surface area contributed by atoms with E-state index >= 15 is 0 Å². The second-order valence-corrected chi connectivity index (χ2v) is 5.07. The fourth-order valence-electron chi connectivity index (χ4n) is 2.42. The number of hydrogen-bond acceptors (Lipinski definition) is 2. The molecule has 0 amide bonds. The van der Waals surface area contributed by atoms with Crippen molar-refractivity contribution in [1.82, 2.24) is 0 Å². The highest BCUT2D eigenvalue weighted by atomic mass is 35.5. The number of hydrogen-bond donors (Lipinski definition) is 0. The minimum Gasteiger partial charge on any atom is -0.344 e. The highest BCUT2D eigenvalue weighted by molar-refractivity contribution is 6.30. The van der Waals surface area contributed by atoms with Gasteiger partial charge in [0.25, 0.3) is 0 Å². The van der Waals surface area contributed by atoms with Crippen LogP contribution in [0.5, 0.6) is 0 Å². The summed E-state index contributed by atoms with van der Waals surface area (Å²) in [6.45, 7) is 3.90. The Hall–Kier alpha value is -0.0500. The molecule has 3 rings (SSSR count). The summed E-state index contributed by atoms with van der Waals surface area (Å²) in [4.78, 5) is 0. The van der Waals surface area contributed by atoms with Gasteiger partial charge in [0.2, 0.25) is 0 Å². The Balaban J connectivity index is 1.93. The minimum atomic E-state index is -0.458. The van der Waals surface area contributed by atoms with Crippen LogP contribution in [-0.4, -0.2) is 18.0 Å². The van der Waals surface area contributed by atoms with Crippen molar-refractivity contribution in [1.29, 1.82) is 0 Å². The first-order valence-corrected chi connectivity index (χ1v) is 5.17. The second kappa shape index (κ2) is 2.30. The quantitative estimate of drug-likeness (QED) is 0.598. The van der Waals surface area contributed by atoms with Gasteiger partial charge in [-0.05, 0) is 32.1 Å². The lowest BCUT2D eigenvalue weighted by atomic mass is 10.0. The molecule has 2 fully saturated rings. The molecule has 2 nitrogen and oxygen atoms in total. The van der Waals surface area contributed by atoms with Crippen molar-refractivity contribution in [3.63, 3.8) is 0 Å². The van der Waals surface area contributed by atoms with Gasteiger partial charge in [0, 0.05) is 5.03 Å². The molecule has 13 heavy (non-hydrogen) atoms. The van der Waals surface area contributed by atoms with Crippen molar-refractivity contribution < 1.29 is 9.47 Å². The lowest BCUT2D eigenvalue weighted by Gasteiger charge is -2.19. The molecule has 1 saturated carbocycles. The van der Waals surface area contributed by atoms with Crippen LogP contribution in [0, 0.1) is 11.8 Å². The van der Waals surface area contributed by atoms with Crippen LogP contribution in [0.15, 0.2) is 11.1 Å². The number of fused-ring (bicyclic) bond motifs is 3. The predicted octanol–water partition coefficient (Wildman–Crippen LogP) is 2.28. The first kappa shape index (κ1) is 8.27. The van der Waals surface area contributed by atoms with Crippen LogP contribution in [0.2, 0.25) is 0 Å². The maximum Gasteiger partial charge on any atom is 0.164 e. The average Bonchev–Trinajstić information content (AvgIpc) is 2.68. The van der Waals surface area contributed by atoms with Crippen molar-refractivity contribution in [3.05, 3.63) is 11.1 Å². The number of rotatable bonds is 0. The van der Waals surface area contributed by atoms with Crippen LogP contribution in [0.3, 0.4) is 0 Å². The van der Waals surface area contributed by atoms with E-state index in [-0.39, 0.29) is 12.2 Å². The molecule has 2 aliphatic carbocycles. The predicted molar refractivity (Wildman–Crippen MR) is 49.4 cm³/mol. The van der Waals surface area contributed by atoms with Gasteiger partial charge in [-0.2, -0.15) is 0 Å². The van der Waals surface area contributed by atoms with E-state index in [1.807, 2.05) is 13.8 Å². The normalized spacial score (nSPS) is 50.8. The van der Waals surface area contributed by atoms with E-state index in [1.54, 1.807) is 0 Å². The smallest absolute Gasteiger partial charge is 0.164 e. The third-order valence-electron chi connectivity index (χ3n) is 3.09. The highest BCUT2D eigenvalue weighted by Gasteiger charge is 2.56. The lowest BCUT2D eigenvalue weighted by Crippen LogP contribution is -2.28. The monoisotopic (exact) mass is 200 g/mol. The molecule has 3 heteroatoms. The fourth-order valence-corrected chi connectivity index (χ4v) is 2.75. The van der Waals surface area contributed by atoms with Crippen molar-refractivity contribution in [2.45, 2.75) is 38.3 Å². The average molecular weight is 201 g/mol. The molecular weight excluding hydrogens is 188 g/mol. The molecule has 0 bridgehead atoms. The molecule has 3 aliphatic rings. The van der Waals surface area contributed by atoms with Gasteiger partial charge in [-0.3, -0.25) is 0 Å². The maximum absolute atomic E-state index is 6.12. The van der Waals surface area contributed by atoms with E-state index in [1.165, 1.54) is 6.42 Å². The molecule has 4 atom stereocenters. The van der Waals surface area contributed by atoms with Gasteiger partial charge in [-0.25, -0.2) is 0 Å². The number of halogens is 1. The van der Waals surface area contributed by atoms with E-state index in [0.717, 1.165) is 5.03 Å². The molecule has 0 unspecified atom stereocenters. The second-order valence-electron chi connectivity index (χ2n) is 4.64. The molecule has 0 N–H and O–H groups in total. The molecule has 1 aliphatic heterocycles. The Morgan fingerprint density at radius 3 is 3.00 bits per heavy atom. The van der Waals surface area contributed by atoms with Crippen molar-refractivity contribution in [2.24, 2.45) is 11.8 Å². The summed E-state index contributed by atoms with van der Waals surface area (Å²) in [6, 6.07) is 0. The van der Waals surface area contributed by atoms with Crippen LogP contribution in [0.4, 0.5) is 0 Å². The molecular formula is C10H13ClO2. The van der Waals surface area contributed by atoms with E-state index in [2.05, 4.69) is 6.08 Å². The summed E-state index contributed by atoms with van der Waals surface area (Å²) in [7, 11) is 0. The van der Waals surface area contributed by atoms with E-state index in [4.69, 9.17) is 21.1 Å². The third kappa shape index (κ3) is 1.16. The molecule has 0 aromatic carbocycles. The first-order chi connectivity index (χ1) is 6.07. The van der Waals surface area contributed by atoms with Crippen molar-refractivity contribution in [3.8, 4) is 0 Å². The Morgan fingerprint density at radius 1 is 1.46 bits per heavy atom. The maximum atomic E-state index is 6.12. The molecule has 0 radical (unpaired) electrons. The Labute approximate surface area is 82.8 Å². The molecule has 1 heterocycles. The van der Waals surface area contributed by atoms with Gasteiger partial charge in [-0.1, -0.05) is 17.7 Å². The Kier molecular flexibility index (Phi) is 1.46. The first-order valence-electron chi connectivity index (χ1n) is 4.80. The zero-order valence-electron chi connectivity index (χ0n) is 7.79. The van der Waals surface area contributed by atoms with Gasteiger partial charge in [0.1, 0.15) is 6.10 Å². The molecule has 1 saturated heterocycles. The van der Waals surface area contributed by atoms with E-state index < -0.39 is 5.79 Å². The van der Waals surface area contributed by atoms with Crippen LogP contribution >= 0.6 is 11.6 Å². The van der Waals surface area contributed by atoms with Crippen LogP contribution < -0.4 is 0 Å². The minimum absolute atomic E-state index is 0.000386. The molecule has 72 valence electrons. The van der Waals surface area contributed by atoms with Gasteiger partial charge in [0.05, 0.1) is 6.10 Å². The lowest BCUT2D eigenvalue weighted by molar-refractivity contribution is -0.144. The number of allylic oxidation sites excluding steroid dienone is 1. The van der Waals surface area contributed by atoms with Crippen molar-refractivity contribution >= 4 is 11.6 Å². The standard InChI is InChI=1S/C10H13ClO2/c1-10(2)12-8-6-3-5(6)4-7(11)9(8)13-10/h4-6,8-9H,3H2,1-2H3/t5-,6-,8+,9-/m1/s1. The SMILES string of the molecule is CC1(C)O[C@H]2[C@@H]3C[C@@H]3C=C(Cl)[C@H]2O1. The number of ether oxygens (including phenoxy) is 2.